The van der Waals surface area contributed by atoms with Gasteiger partial charge >= 0.3 is 0 Å². The van der Waals surface area contributed by atoms with Crippen LogP contribution in [0.15, 0.2) is 105 Å². The largest absolute Gasteiger partial charge is 0.167 e. The third-order valence-electron chi connectivity index (χ3n) is 13.0. The fourth-order valence-electron chi connectivity index (χ4n) is 9.62. The monoisotopic (exact) mass is 752 g/mol. The Hall–Kier alpha value is -2.40. The number of fused-ring (bicyclic) bond motifs is 2. The highest BCUT2D eigenvalue weighted by atomic mass is 35.6. The predicted molar refractivity (Wildman–Crippen MR) is 243 cm³/mol. The number of benzene rings is 2. The molecule has 1 atom stereocenters. The lowest BCUT2D eigenvalue weighted by Gasteiger charge is -2.37. The maximum Gasteiger partial charge on any atom is 0.161 e. The highest BCUT2D eigenvalue weighted by Gasteiger charge is 2.46. The maximum atomic E-state index is 6.53. The molecule has 0 bridgehead atoms. The van der Waals surface area contributed by atoms with Gasteiger partial charge in [0.05, 0.1) is 8.07 Å². The summed E-state index contributed by atoms with van der Waals surface area (Å²) in [6.45, 7) is 32.6. The van der Waals surface area contributed by atoms with Crippen LogP contribution in [0.3, 0.4) is 0 Å². The molecule has 0 radical (unpaired) electrons. The van der Waals surface area contributed by atoms with E-state index in [9.17, 15) is 0 Å². The second-order valence-corrected chi connectivity index (χ2v) is 28.5. The Bertz CT molecular complexity index is 1730. The molecule has 0 fully saturated rings. The summed E-state index contributed by atoms with van der Waals surface area (Å²) < 4.78 is 0. The van der Waals surface area contributed by atoms with Crippen molar-refractivity contribution in [1.82, 2.24) is 0 Å². The van der Waals surface area contributed by atoms with Crippen LogP contribution in [-0.4, -0.2) is 15.5 Å². The first-order valence-electron chi connectivity index (χ1n) is 19.9. The van der Waals surface area contributed by atoms with E-state index >= 15 is 0 Å². The molecule has 0 spiro atoms. The predicted octanol–water partition coefficient (Wildman–Crippen LogP) is 16.6. The number of hydrogen-bond acceptors (Lipinski definition) is 0. The van der Waals surface area contributed by atoms with Crippen LogP contribution >= 0.6 is 11.1 Å². The molecule has 2 aromatic rings. The van der Waals surface area contributed by atoms with E-state index < -0.39 is 15.5 Å². The molecule has 0 amide bonds. The van der Waals surface area contributed by atoms with Gasteiger partial charge in [-0.2, -0.15) is 11.1 Å². The van der Waals surface area contributed by atoms with Crippen molar-refractivity contribution < 1.29 is 0 Å². The van der Waals surface area contributed by atoms with Gasteiger partial charge in [0.1, 0.15) is 0 Å². The zero-order valence-corrected chi connectivity index (χ0v) is 37.6. The molecule has 6 rings (SSSR count). The topological polar surface area (TPSA) is 0 Å². The Labute approximate surface area is 328 Å². The Kier molecular flexibility index (Phi) is 15.5. The molecule has 4 aliphatic rings. The van der Waals surface area contributed by atoms with Crippen molar-refractivity contribution in [2.75, 3.05) is 0 Å². The molecule has 1 unspecified atom stereocenters. The number of allylic oxidation sites excluding steroid dienone is 12. The number of rotatable bonds is 9. The molecule has 0 nitrogen and oxygen atoms in total. The third-order valence-corrected chi connectivity index (χ3v) is 20.3. The van der Waals surface area contributed by atoms with E-state index in [0.29, 0.717) is 16.6 Å². The zero-order valence-electron chi connectivity index (χ0n) is 34.8. The van der Waals surface area contributed by atoms with E-state index in [2.05, 4.69) is 156 Å². The van der Waals surface area contributed by atoms with Crippen LogP contribution in [0.1, 0.15) is 143 Å². The molecular formula is C49H73ClSi2. The molecule has 2 aromatic carbocycles. The first-order chi connectivity index (χ1) is 24.0. The van der Waals surface area contributed by atoms with Crippen molar-refractivity contribution in [3.8, 4) is 0 Å². The van der Waals surface area contributed by atoms with Crippen LogP contribution in [0.2, 0.25) is 37.3 Å². The molecule has 52 heavy (non-hydrogen) atoms. The molecule has 3 heteroatoms. The summed E-state index contributed by atoms with van der Waals surface area (Å²) >= 11 is 6.53. The van der Waals surface area contributed by atoms with Crippen LogP contribution in [0.25, 0.3) is 11.1 Å². The summed E-state index contributed by atoms with van der Waals surface area (Å²) in [4.78, 5) is 0. The lowest BCUT2D eigenvalue weighted by molar-refractivity contribution is 0.825. The van der Waals surface area contributed by atoms with Crippen LogP contribution in [0.4, 0.5) is 0 Å². The first kappa shape index (κ1) is 44.0. The fraction of sp³-hybridized carbons (Fsp3) is 0.510. The first-order valence-corrected chi connectivity index (χ1v) is 27.2. The Morgan fingerprint density at radius 3 is 1.52 bits per heavy atom. The van der Waals surface area contributed by atoms with E-state index in [-0.39, 0.29) is 7.43 Å². The van der Waals surface area contributed by atoms with E-state index in [4.69, 9.17) is 11.1 Å². The minimum Gasteiger partial charge on any atom is -0.167 e. The average molecular weight is 754 g/mol. The Balaban J connectivity index is 0.000000228. The lowest BCUT2D eigenvalue weighted by Crippen LogP contribution is -2.39. The van der Waals surface area contributed by atoms with Crippen LogP contribution < -0.4 is 0 Å². The zero-order chi connectivity index (χ0) is 37.8. The number of unbranched alkanes of at least 4 members (excludes halogenated alkanes) is 2. The minimum atomic E-state index is -1.58. The molecular weight excluding hydrogens is 680 g/mol. The van der Waals surface area contributed by atoms with E-state index in [0.717, 1.165) is 6.42 Å². The van der Waals surface area contributed by atoms with Gasteiger partial charge in [-0.25, -0.2) is 0 Å². The van der Waals surface area contributed by atoms with Gasteiger partial charge in [-0.3, -0.25) is 0 Å². The molecule has 0 heterocycles. The van der Waals surface area contributed by atoms with Gasteiger partial charge in [0, 0.05) is 5.54 Å². The summed E-state index contributed by atoms with van der Waals surface area (Å²) in [6.07, 6.45) is 13.9. The van der Waals surface area contributed by atoms with Crippen LogP contribution in [0.5, 0.6) is 0 Å². The molecule has 0 aliphatic heterocycles. The summed E-state index contributed by atoms with van der Waals surface area (Å²) in [7, 11) is -3.15. The summed E-state index contributed by atoms with van der Waals surface area (Å²) in [5.74, 6) is 0. The van der Waals surface area contributed by atoms with Crippen LogP contribution in [-0.2, 0) is 6.42 Å². The second-order valence-electron chi connectivity index (χ2n) is 17.0. The fourth-order valence-corrected chi connectivity index (χ4v) is 17.8. The summed E-state index contributed by atoms with van der Waals surface area (Å²) in [6, 6.07) is 18.0. The normalized spacial score (nSPS) is 18.9. The summed E-state index contributed by atoms with van der Waals surface area (Å²) in [5, 5.41) is 0. The highest BCUT2D eigenvalue weighted by molar-refractivity contribution is 7.20. The minimum absolute atomic E-state index is 0. The standard InChI is InChI=1S/C24H34Si.C13H16.C11H19ClSi.CH4/c1-8-9-12-20-15-23(22-14-11-10-13-21(20)22)25(6,7)24-18(4)16(2)17(3)19(24)5;1-2-3-6-11-9-10-12-7-4-5-8-13(11)12;1-7-8(2)10(4)11(9(7)3)13(5,6)12;/h10-11,13-15,23-24H,8-9,12H2,1-7H3;4-5,7-9H,2-3,6,10H2,1H3;11H,1-6H3;1H4. The SMILES string of the molecule is C.CC1=C(C)C([Si](C)(C)Cl)C(C)=C1C.CCCCC1=CC([Si](C)(C)C2C(C)=C(C)C(C)=C2C)c2ccccc21.CCCCC1=CCc2ccccc21. The Morgan fingerprint density at radius 2 is 1.04 bits per heavy atom. The highest BCUT2D eigenvalue weighted by Crippen LogP contribution is 2.54. The van der Waals surface area contributed by atoms with Gasteiger partial charge in [0.15, 0.2) is 7.38 Å². The lowest BCUT2D eigenvalue weighted by atomic mass is 10.0. The van der Waals surface area contributed by atoms with E-state index in [1.165, 1.54) is 77.5 Å². The number of halogens is 1. The van der Waals surface area contributed by atoms with Crippen molar-refractivity contribution in [3.63, 3.8) is 0 Å². The average Bonchev–Trinajstić information content (AvgIpc) is 3.79. The van der Waals surface area contributed by atoms with Crippen molar-refractivity contribution in [2.24, 2.45) is 0 Å². The van der Waals surface area contributed by atoms with Gasteiger partial charge in [-0.1, -0.05) is 143 Å². The van der Waals surface area contributed by atoms with Crippen LogP contribution in [0, 0.1) is 0 Å². The van der Waals surface area contributed by atoms with Gasteiger partial charge in [-0.05, 0) is 154 Å². The summed E-state index contributed by atoms with van der Waals surface area (Å²) in [5.41, 5.74) is 23.5. The third kappa shape index (κ3) is 9.10. The molecule has 0 saturated carbocycles. The van der Waals surface area contributed by atoms with Crippen molar-refractivity contribution in [1.29, 1.82) is 0 Å². The molecule has 0 saturated heterocycles. The van der Waals surface area contributed by atoms with E-state index in [1.54, 1.807) is 39.0 Å². The van der Waals surface area contributed by atoms with E-state index in [1.807, 2.05) is 0 Å². The Morgan fingerprint density at radius 1 is 0.596 bits per heavy atom. The van der Waals surface area contributed by atoms with Gasteiger partial charge in [0.25, 0.3) is 0 Å². The van der Waals surface area contributed by atoms with Gasteiger partial charge < -0.3 is 0 Å². The molecule has 284 valence electrons. The van der Waals surface area contributed by atoms with Crippen molar-refractivity contribution >= 4 is 37.7 Å². The van der Waals surface area contributed by atoms with Crippen molar-refractivity contribution in [2.45, 2.75) is 164 Å². The number of hydrogen-bond donors (Lipinski definition) is 0. The molecule has 0 aromatic heterocycles. The van der Waals surface area contributed by atoms with Gasteiger partial charge in [0.2, 0.25) is 0 Å². The van der Waals surface area contributed by atoms with Crippen molar-refractivity contribution in [3.05, 3.63) is 128 Å². The molecule has 4 aliphatic carbocycles. The van der Waals surface area contributed by atoms with Gasteiger partial charge in [-0.15, -0.1) is 0 Å². The smallest absolute Gasteiger partial charge is 0.161 e. The second kappa shape index (κ2) is 18.3. The quantitative estimate of drug-likeness (QED) is 0.177. The maximum absolute atomic E-state index is 6.53. The molecule has 0 N–H and O–H groups in total.